The number of carbonyl (C=O) groups is 1. The Bertz CT molecular complexity index is 1030. The number of anilines is 1. The van der Waals surface area contributed by atoms with Gasteiger partial charge in [0.1, 0.15) is 5.01 Å². The highest BCUT2D eigenvalue weighted by molar-refractivity contribution is 7.16. The Morgan fingerprint density at radius 1 is 1.21 bits per heavy atom. The Kier molecular flexibility index (Phi) is 5.79. The number of hydrogen-bond acceptors (Lipinski definition) is 6. The fourth-order valence-corrected chi connectivity index (χ4v) is 3.57. The van der Waals surface area contributed by atoms with Crippen molar-refractivity contribution >= 4 is 27.9 Å². The van der Waals surface area contributed by atoms with E-state index in [1.54, 1.807) is 0 Å². The Labute approximate surface area is 167 Å². The van der Waals surface area contributed by atoms with E-state index >= 15 is 0 Å². The molecule has 0 spiro atoms. The molecule has 0 fully saturated rings. The van der Waals surface area contributed by atoms with Gasteiger partial charge in [-0.3, -0.25) is 9.59 Å². The first-order valence-corrected chi connectivity index (χ1v) is 10.1. The molecule has 0 bridgehead atoms. The van der Waals surface area contributed by atoms with Gasteiger partial charge in [0.25, 0.3) is 5.56 Å². The molecule has 2 N–H and O–H groups in total. The molecule has 2 heterocycles. The summed E-state index contributed by atoms with van der Waals surface area (Å²) >= 11 is 1.43. The van der Waals surface area contributed by atoms with E-state index in [2.05, 4.69) is 20.7 Å². The molecular formula is C20H25N5O2S. The van der Waals surface area contributed by atoms with Crippen LogP contribution >= 0.6 is 11.3 Å². The maximum absolute atomic E-state index is 12.2. The molecule has 1 aromatic carbocycles. The van der Waals surface area contributed by atoms with E-state index in [0.717, 1.165) is 22.7 Å². The number of benzene rings is 1. The van der Waals surface area contributed by atoms with E-state index in [4.69, 9.17) is 0 Å². The van der Waals surface area contributed by atoms with Crippen molar-refractivity contribution in [2.45, 2.75) is 52.6 Å². The van der Waals surface area contributed by atoms with Crippen molar-refractivity contribution in [2.24, 2.45) is 0 Å². The van der Waals surface area contributed by atoms with Gasteiger partial charge in [0, 0.05) is 17.3 Å². The summed E-state index contributed by atoms with van der Waals surface area (Å²) < 4.78 is 1.35. The summed E-state index contributed by atoms with van der Waals surface area (Å²) in [4.78, 5) is 29.3. The number of fused-ring (bicyclic) bond motifs is 1. The Hall–Kier alpha value is -2.74. The van der Waals surface area contributed by atoms with Crippen LogP contribution in [0.3, 0.4) is 0 Å². The van der Waals surface area contributed by atoms with Gasteiger partial charge in [0.05, 0.1) is 18.7 Å². The summed E-state index contributed by atoms with van der Waals surface area (Å²) in [6.45, 7) is 8.33. The number of carbonyl (C=O) groups excluding carboxylic acids is 1. The highest BCUT2D eigenvalue weighted by Crippen LogP contribution is 2.14. The van der Waals surface area contributed by atoms with Crippen LogP contribution in [0.4, 0.5) is 5.69 Å². The predicted molar refractivity (Wildman–Crippen MR) is 112 cm³/mol. The smallest absolute Gasteiger partial charge is 0.275 e. The SMILES string of the molecule is CCc1nn2c(=O)cc(CNc3ccc(CC(=O)NC(C)(C)C)cc3)nc2s1. The second-order valence-corrected chi connectivity index (χ2v) is 8.70. The highest BCUT2D eigenvalue weighted by atomic mass is 32.1. The van der Waals surface area contributed by atoms with E-state index in [9.17, 15) is 9.59 Å². The van der Waals surface area contributed by atoms with E-state index in [1.165, 1.54) is 21.9 Å². The zero-order chi connectivity index (χ0) is 20.3. The quantitative estimate of drug-likeness (QED) is 0.665. The molecule has 8 heteroatoms. The van der Waals surface area contributed by atoms with E-state index < -0.39 is 0 Å². The van der Waals surface area contributed by atoms with Crippen LogP contribution in [0.1, 0.15) is 44.0 Å². The van der Waals surface area contributed by atoms with E-state index in [1.807, 2.05) is 52.0 Å². The summed E-state index contributed by atoms with van der Waals surface area (Å²) in [6.07, 6.45) is 1.12. The second kappa shape index (κ2) is 8.10. The van der Waals surface area contributed by atoms with Gasteiger partial charge in [0.2, 0.25) is 10.9 Å². The number of rotatable bonds is 6. The monoisotopic (exact) mass is 399 g/mol. The minimum absolute atomic E-state index is 0.00203. The molecule has 3 rings (SSSR count). The minimum atomic E-state index is -0.235. The lowest BCUT2D eigenvalue weighted by atomic mass is 10.1. The van der Waals surface area contributed by atoms with Crippen molar-refractivity contribution in [3.05, 3.63) is 57.0 Å². The molecule has 0 atom stereocenters. The zero-order valence-corrected chi connectivity index (χ0v) is 17.4. The Morgan fingerprint density at radius 2 is 1.93 bits per heavy atom. The lowest BCUT2D eigenvalue weighted by molar-refractivity contribution is -0.121. The molecule has 0 radical (unpaired) electrons. The van der Waals surface area contributed by atoms with Crippen molar-refractivity contribution in [2.75, 3.05) is 5.32 Å². The van der Waals surface area contributed by atoms with Crippen LogP contribution in [0.15, 0.2) is 35.1 Å². The normalized spacial score (nSPS) is 11.6. The van der Waals surface area contributed by atoms with Gasteiger partial charge in [0.15, 0.2) is 0 Å². The molecule has 7 nitrogen and oxygen atoms in total. The van der Waals surface area contributed by atoms with Gasteiger partial charge in [-0.2, -0.15) is 9.61 Å². The third kappa shape index (κ3) is 5.16. The van der Waals surface area contributed by atoms with Crippen LogP contribution in [0.2, 0.25) is 0 Å². The minimum Gasteiger partial charge on any atom is -0.379 e. The fourth-order valence-electron chi connectivity index (χ4n) is 2.71. The van der Waals surface area contributed by atoms with Gasteiger partial charge in [-0.05, 0) is 44.9 Å². The average molecular weight is 400 g/mol. The van der Waals surface area contributed by atoms with Gasteiger partial charge in [-0.15, -0.1) is 0 Å². The first kappa shape index (κ1) is 20.0. The molecule has 2 aromatic heterocycles. The van der Waals surface area contributed by atoms with Crippen molar-refractivity contribution < 1.29 is 4.79 Å². The van der Waals surface area contributed by atoms with Crippen LogP contribution in [0.5, 0.6) is 0 Å². The van der Waals surface area contributed by atoms with Crippen LogP contribution in [0.25, 0.3) is 4.96 Å². The van der Waals surface area contributed by atoms with Crippen LogP contribution in [0, 0.1) is 0 Å². The molecule has 0 aliphatic carbocycles. The van der Waals surface area contributed by atoms with Crippen molar-refractivity contribution in [3.63, 3.8) is 0 Å². The Balaban J connectivity index is 1.63. The van der Waals surface area contributed by atoms with Gasteiger partial charge < -0.3 is 10.6 Å². The van der Waals surface area contributed by atoms with Crippen LogP contribution in [-0.4, -0.2) is 26.0 Å². The fraction of sp³-hybridized carbons (Fsp3) is 0.400. The van der Waals surface area contributed by atoms with Gasteiger partial charge >= 0.3 is 0 Å². The molecule has 28 heavy (non-hydrogen) atoms. The van der Waals surface area contributed by atoms with Crippen molar-refractivity contribution in [3.8, 4) is 0 Å². The zero-order valence-electron chi connectivity index (χ0n) is 16.6. The highest BCUT2D eigenvalue weighted by Gasteiger charge is 2.14. The predicted octanol–water partition coefficient (Wildman–Crippen LogP) is 2.78. The number of aryl methyl sites for hydroxylation is 1. The molecule has 0 aliphatic rings. The summed E-state index contributed by atoms with van der Waals surface area (Å²) in [6, 6.07) is 9.20. The molecule has 0 saturated carbocycles. The number of nitrogens with zero attached hydrogens (tertiary/aromatic N) is 3. The maximum Gasteiger partial charge on any atom is 0.275 e. The van der Waals surface area contributed by atoms with Gasteiger partial charge in [-0.25, -0.2) is 4.98 Å². The third-order valence-electron chi connectivity index (χ3n) is 3.95. The van der Waals surface area contributed by atoms with E-state index in [-0.39, 0.29) is 17.0 Å². The lowest BCUT2D eigenvalue weighted by Gasteiger charge is -2.20. The largest absolute Gasteiger partial charge is 0.379 e. The van der Waals surface area contributed by atoms with Crippen molar-refractivity contribution in [1.29, 1.82) is 0 Å². The molecular weight excluding hydrogens is 374 g/mol. The topological polar surface area (TPSA) is 88.4 Å². The molecule has 3 aromatic rings. The number of hydrogen-bond donors (Lipinski definition) is 2. The maximum atomic E-state index is 12.2. The molecule has 0 aliphatic heterocycles. The standard InChI is InChI=1S/C20H25N5O2S/c1-5-17-24-25-18(27)11-15(22-19(25)28-17)12-21-14-8-6-13(7-9-14)10-16(26)23-20(2,3)4/h6-9,11,21H,5,10,12H2,1-4H3,(H,23,26). The summed E-state index contributed by atoms with van der Waals surface area (Å²) in [5.41, 5.74) is 2.12. The summed E-state index contributed by atoms with van der Waals surface area (Å²) in [7, 11) is 0. The number of amides is 1. The first-order valence-electron chi connectivity index (χ1n) is 9.26. The van der Waals surface area contributed by atoms with E-state index in [0.29, 0.717) is 23.6 Å². The average Bonchev–Trinajstić information content (AvgIpc) is 3.03. The number of nitrogens with one attached hydrogen (secondary N) is 2. The first-order chi connectivity index (χ1) is 13.2. The summed E-state index contributed by atoms with van der Waals surface area (Å²) in [5, 5.41) is 11.4. The second-order valence-electron chi connectivity index (χ2n) is 7.65. The third-order valence-corrected chi connectivity index (χ3v) is 5.00. The molecule has 0 saturated heterocycles. The van der Waals surface area contributed by atoms with Crippen LogP contribution < -0.4 is 16.2 Å². The molecule has 0 unspecified atom stereocenters. The Morgan fingerprint density at radius 3 is 2.57 bits per heavy atom. The molecule has 1 amide bonds. The summed E-state index contributed by atoms with van der Waals surface area (Å²) in [5.74, 6) is 0.00203. The van der Waals surface area contributed by atoms with Gasteiger partial charge in [-0.1, -0.05) is 30.4 Å². The number of aromatic nitrogens is 3. The van der Waals surface area contributed by atoms with Crippen LogP contribution in [-0.2, 0) is 24.2 Å². The molecule has 148 valence electrons. The lowest BCUT2D eigenvalue weighted by Crippen LogP contribution is -2.41. The van der Waals surface area contributed by atoms with Crippen molar-refractivity contribution in [1.82, 2.24) is 19.9 Å².